The van der Waals surface area contributed by atoms with Gasteiger partial charge < -0.3 is 10.3 Å². The van der Waals surface area contributed by atoms with Crippen LogP contribution in [0.25, 0.3) is 11.0 Å². The summed E-state index contributed by atoms with van der Waals surface area (Å²) in [7, 11) is 0. The molecule has 0 radical (unpaired) electrons. The van der Waals surface area contributed by atoms with Crippen molar-refractivity contribution in [2.24, 2.45) is 0 Å². The van der Waals surface area contributed by atoms with Gasteiger partial charge in [0.05, 0.1) is 16.4 Å². The molecule has 0 saturated heterocycles. The fourth-order valence-electron chi connectivity index (χ4n) is 3.99. The first-order valence-corrected chi connectivity index (χ1v) is 10.2. The highest BCUT2D eigenvalue weighted by atomic mass is 35.5. The van der Waals surface area contributed by atoms with Gasteiger partial charge in [0.2, 0.25) is 0 Å². The van der Waals surface area contributed by atoms with E-state index in [2.05, 4.69) is 20.3 Å². The number of nitrogens with zero attached hydrogens (tertiary/aromatic N) is 2. The van der Waals surface area contributed by atoms with Gasteiger partial charge in [-0.05, 0) is 42.7 Å². The van der Waals surface area contributed by atoms with E-state index in [1.54, 1.807) is 36.5 Å². The smallest absolute Gasteiger partial charge is 0.256 e. The Morgan fingerprint density at radius 1 is 1.10 bits per heavy atom. The third-order valence-electron chi connectivity index (χ3n) is 5.83. The number of fused-ring (bicyclic) bond motifs is 1. The first kappa shape index (κ1) is 19.6. The Labute approximate surface area is 181 Å². The van der Waals surface area contributed by atoms with Crippen LogP contribution in [-0.2, 0) is 5.41 Å². The van der Waals surface area contributed by atoms with Gasteiger partial charge in [0.1, 0.15) is 11.6 Å². The van der Waals surface area contributed by atoms with Crippen LogP contribution in [0, 0.1) is 11.6 Å². The van der Waals surface area contributed by atoms with Crippen LogP contribution in [0.3, 0.4) is 0 Å². The molecule has 1 amide bonds. The number of benzene rings is 2. The number of hydrogen-bond donors (Lipinski definition) is 2. The molecule has 5 rings (SSSR count). The molecular formula is C23H17ClF2N4O. The first-order valence-electron chi connectivity index (χ1n) is 9.83. The van der Waals surface area contributed by atoms with Crippen molar-refractivity contribution in [1.82, 2.24) is 15.0 Å². The summed E-state index contributed by atoms with van der Waals surface area (Å²) in [5.41, 5.74) is 1.82. The van der Waals surface area contributed by atoms with Crippen molar-refractivity contribution in [1.29, 1.82) is 0 Å². The number of amides is 1. The maximum absolute atomic E-state index is 13.6. The van der Waals surface area contributed by atoms with Gasteiger partial charge in [0.25, 0.3) is 5.91 Å². The fourth-order valence-corrected chi connectivity index (χ4v) is 4.18. The summed E-state index contributed by atoms with van der Waals surface area (Å²) < 4.78 is 27.2. The Kier molecular flexibility index (Phi) is 4.70. The predicted molar refractivity (Wildman–Crippen MR) is 114 cm³/mol. The lowest BCUT2D eigenvalue weighted by Gasteiger charge is -2.40. The number of anilines is 1. The molecule has 1 fully saturated rings. The van der Waals surface area contributed by atoms with Gasteiger partial charge in [0, 0.05) is 28.9 Å². The van der Waals surface area contributed by atoms with Crippen LogP contribution in [0.5, 0.6) is 0 Å². The van der Waals surface area contributed by atoms with E-state index in [1.165, 1.54) is 0 Å². The number of halogens is 3. The summed E-state index contributed by atoms with van der Waals surface area (Å²) in [6, 6.07) is 12.5. The summed E-state index contributed by atoms with van der Waals surface area (Å²) in [5, 5.41) is 3.24. The molecule has 2 heterocycles. The van der Waals surface area contributed by atoms with E-state index in [4.69, 9.17) is 11.6 Å². The molecule has 0 aliphatic heterocycles. The minimum atomic E-state index is -0.922. The third-order valence-corrected chi connectivity index (χ3v) is 6.06. The molecule has 1 aliphatic carbocycles. The summed E-state index contributed by atoms with van der Waals surface area (Å²) in [6.07, 6.45) is 4.40. The quantitative estimate of drug-likeness (QED) is 0.435. The largest absolute Gasteiger partial charge is 0.341 e. The third kappa shape index (κ3) is 3.45. The summed E-state index contributed by atoms with van der Waals surface area (Å²) in [6.45, 7) is 0. The minimum absolute atomic E-state index is 0.303. The van der Waals surface area contributed by atoms with Crippen molar-refractivity contribution in [3.8, 4) is 0 Å². The Morgan fingerprint density at radius 2 is 1.90 bits per heavy atom. The van der Waals surface area contributed by atoms with Gasteiger partial charge in [-0.15, -0.1) is 0 Å². The van der Waals surface area contributed by atoms with Gasteiger partial charge in [-0.1, -0.05) is 30.2 Å². The highest BCUT2D eigenvalue weighted by molar-refractivity contribution is 6.31. The Hall–Kier alpha value is -3.32. The maximum Gasteiger partial charge on any atom is 0.256 e. The lowest BCUT2D eigenvalue weighted by Crippen LogP contribution is -2.36. The number of aromatic amines is 1. The Bertz CT molecular complexity index is 1260. The van der Waals surface area contributed by atoms with Gasteiger partial charge in [-0.25, -0.2) is 18.7 Å². The van der Waals surface area contributed by atoms with Crippen LogP contribution in [0.4, 0.5) is 14.6 Å². The van der Waals surface area contributed by atoms with Crippen molar-refractivity contribution in [3.63, 3.8) is 0 Å². The SMILES string of the molecule is O=C(Nc1ccc(C2(c3nc4cc(F)c(F)cc4[nH]3)CCC2)cn1)c1cccc(Cl)c1. The zero-order valence-corrected chi connectivity index (χ0v) is 17.0. The van der Waals surface area contributed by atoms with Crippen LogP contribution in [0.2, 0.25) is 5.02 Å². The van der Waals surface area contributed by atoms with Crippen LogP contribution in [0.15, 0.2) is 54.7 Å². The molecule has 0 bridgehead atoms. The number of pyridine rings is 1. The summed E-state index contributed by atoms with van der Waals surface area (Å²) >= 11 is 5.94. The number of imidazole rings is 1. The van der Waals surface area contributed by atoms with Crippen molar-refractivity contribution < 1.29 is 13.6 Å². The van der Waals surface area contributed by atoms with E-state index in [0.29, 0.717) is 33.3 Å². The van der Waals surface area contributed by atoms with E-state index >= 15 is 0 Å². The van der Waals surface area contributed by atoms with E-state index in [-0.39, 0.29) is 5.91 Å². The van der Waals surface area contributed by atoms with Gasteiger partial charge >= 0.3 is 0 Å². The van der Waals surface area contributed by atoms with Gasteiger partial charge in [0.15, 0.2) is 11.6 Å². The second-order valence-electron chi connectivity index (χ2n) is 7.70. The Balaban J connectivity index is 1.42. The molecule has 0 atom stereocenters. The molecule has 156 valence electrons. The highest BCUT2D eigenvalue weighted by Gasteiger charge is 2.43. The number of rotatable bonds is 4. The van der Waals surface area contributed by atoms with Gasteiger partial charge in [-0.3, -0.25) is 4.79 Å². The number of carbonyl (C=O) groups excluding carboxylic acids is 1. The molecule has 2 N–H and O–H groups in total. The van der Waals surface area contributed by atoms with E-state index in [0.717, 1.165) is 37.0 Å². The number of nitrogens with one attached hydrogen (secondary N) is 2. The van der Waals surface area contributed by atoms with Crippen molar-refractivity contribution in [2.75, 3.05) is 5.32 Å². The molecule has 5 nitrogen and oxygen atoms in total. The normalized spacial score (nSPS) is 14.9. The fraction of sp³-hybridized carbons (Fsp3) is 0.174. The van der Waals surface area contributed by atoms with Crippen LogP contribution in [0.1, 0.15) is 41.0 Å². The van der Waals surface area contributed by atoms with E-state index < -0.39 is 17.0 Å². The maximum atomic E-state index is 13.6. The second-order valence-corrected chi connectivity index (χ2v) is 8.14. The lowest BCUT2D eigenvalue weighted by atomic mass is 9.64. The molecule has 1 aliphatic rings. The van der Waals surface area contributed by atoms with Crippen LogP contribution < -0.4 is 5.32 Å². The molecule has 2 aromatic heterocycles. The summed E-state index contributed by atoms with van der Waals surface area (Å²) in [5.74, 6) is -1.06. The number of carbonyl (C=O) groups is 1. The second kappa shape index (κ2) is 7.42. The standard InChI is InChI=1S/C23H17ClF2N4O/c24-15-4-1-3-13(9-15)21(31)30-20-6-5-14(12-27-20)23(7-2-8-23)22-28-18-10-16(25)17(26)11-19(18)29-22/h1,3-6,9-12H,2,7-8H2,(H,28,29)(H,27,30,31). The molecule has 2 aromatic carbocycles. The molecule has 8 heteroatoms. The van der Waals surface area contributed by atoms with Crippen molar-refractivity contribution in [3.05, 3.63) is 88.3 Å². The number of hydrogen-bond acceptors (Lipinski definition) is 3. The first-order chi connectivity index (χ1) is 14.9. The van der Waals surface area contributed by atoms with Crippen LogP contribution >= 0.6 is 11.6 Å². The van der Waals surface area contributed by atoms with Crippen molar-refractivity contribution in [2.45, 2.75) is 24.7 Å². The molecule has 0 spiro atoms. The van der Waals surface area contributed by atoms with Crippen molar-refractivity contribution >= 4 is 34.4 Å². The molecular weight excluding hydrogens is 422 g/mol. The van der Waals surface area contributed by atoms with E-state index in [1.807, 2.05) is 6.07 Å². The van der Waals surface area contributed by atoms with Gasteiger partial charge in [-0.2, -0.15) is 0 Å². The number of H-pyrrole nitrogens is 1. The average Bonchev–Trinajstić information content (AvgIpc) is 3.11. The molecule has 1 saturated carbocycles. The zero-order chi connectivity index (χ0) is 21.6. The lowest BCUT2D eigenvalue weighted by molar-refractivity contribution is 0.102. The summed E-state index contributed by atoms with van der Waals surface area (Å²) in [4.78, 5) is 24.5. The topological polar surface area (TPSA) is 70.7 Å². The van der Waals surface area contributed by atoms with Crippen LogP contribution in [-0.4, -0.2) is 20.9 Å². The highest BCUT2D eigenvalue weighted by Crippen LogP contribution is 2.48. The Morgan fingerprint density at radius 3 is 2.58 bits per heavy atom. The monoisotopic (exact) mass is 438 g/mol. The molecule has 0 unspecified atom stereocenters. The number of aromatic nitrogens is 3. The molecule has 4 aromatic rings. The predicted octanol–water partition coefficient (Wildman–Crippen LogP) is 5.61. The molecule has 31 heavy (non-hydrogen) atoms. The zero-order valence-electron chi connectivity index (χ0n) is 16.3. The van der Waals surface area contributed by atoms with E-state index in [9.17, 15) is 13.6 Å². The average molecular weight is 439 g/mol. The minimum Gasteiger partial charge on any atom is -0.341 e.